The molecule has 0 saturated heterocycles. The van der Waals surface area contributed by atoms with Crippen LogP contribution in [0.15, 0.2) is 23.1 Å². The van der Waals surface area contributed by atoms with Crippen LogP contribution in [0.4, 0.5) is 4.39 Å². The number of aryl methyl sites for hydroxylation is 1. The van der Waals surface area contributed by atoms with Gasteiger partial charge in [-0.2, -0.15) is 0 Å². The van der Waals surface area contributed by atoms with E-state index in [-0.39, 0.29) is 4.90 Å². The Bertz CT molecular complexity index is 443. The van der Waals surface area contributed by atoms with Crippen molar-refractivity contribution in [2.45, 2.75) is 17.7 Å². The van der Waals surface area contributed by atoms with Gasteiger partial charge < -0.3 is 5.73 Å². The molecule has 0 atom stereocenters. The second-order valence-electron chi connectivity index (χ2n) is 3.42. The molecule has 0 aliphatic carbocycles. The van der Waals surface area contributed by atoms with Gasteiger partial charge in [0.25, 0.3) is 0 Å². The van der Waals surface area contributed by atoms with E-state index >= 15 is 0 Å². The van der Waals surface area contributed by atoms with Crippen LogP contribution >= 0.6 is 0 Å². The minimum Gasteiger partial charge on any atom is -0.330 e. The number of halogens is 1. The molecule has 0 heterocycles. The first-order valence-corrected chi connectivity index (χ1v) is 6.53. The summed E-state index contributed by atoms with van der Waals surface area (Å²) in [6, 6.07) is 3.71. The summed E-state index contributed by atoms with van der Waals surface area (Å²) in [5, 5.41) is 0. The highest BCUT2D eigenvalue weighted by Crippen LogP contribution is 2.18. The molecule has 3 nitrogen and oxygen atoms in total. The summed E-state index contributed by atoms with van der Waals surface area (Å²) in [5.74, 6) is -0.422. The predicted octanol–water partition coefficient (Wildman–Crippen LogP) is 1.12. The third kappa shape index (κ3) is 3.28. The zero-order chi connectivity index (χ0) is 11.5. The zero-order valence-electron chi connectivity index (χ0n) is 8.53. The summed E-state index contributed by atoms with van der Waals surface area (Å²) in [5.41, 5.74) is 5.83. The van der Waals surface area contributed by atoms with E-state index in [2.05, 4.69) is 0 Å². The van der Waals surface area contributed by atoms with Gasteiger partial charge in [0.1, 0.15) is 5.82 Å². The van der Waals surface area contributed by atoms with Crippen molar-refractivity contribution < 1.29 is 12.8 Å². The van der Waals surface area contributed by atoms with Crippen molar-refractivity contribution in [1.82, 2.24) is 0 Å². The molecule has 2 N–H and O–H groups in total. The number of hydrogen-bond acceptors (Lipinski definition) is 3. The molecule has 0 aliphatic heterocycles. The van der Waals surface area contributed by atoms with Crippen LogP contribution in [0.25, 0.3) is 0 Å². The highest BCUT2D eigenvalue weighted by atomic mass is 32.2. The molecule has 0 bridgehead atoms. The van der Waals surface area contributed by atoms with Crippen LogP contribution in [0.5, 0.6) is 0 Å². The molecule has 0 amide bonds. The highest BCUT2D eigenvalue weighted by Gasteiger charge is 2.13. The fourth-order valence-electron chi connectivity index (χ4n) is 1.40. The Kier molecular flexibility index (Phi) is 3.82. The molecule has 1 aromatic carbocycles. The average Bonchev–Trinajstić information content (AvgIpc) is 2.12. The summed E-state index contributed by atoms with van der Waals surface area (Å²) >= 11 is 0. The second kappa shape index (κ2) is 4.72. The van der Waals surface area contributed by atoms with Gasteiger partial charge in [-0.3, -0.25) is 0 Å². The first kappa shape index (κ1) is 12.1. The third-order valence-corrected chi connectivity index (χ3v) is 3.27. The van der Waals surface area contributed by atoms with Crippen LogP contribution in [-0.4, -0.2) is 21.2 Å². The number of nitrogens with two attached hydrogens (primary N) is 1. The molecule has 84 valence electrons. The maximum absolute atomic E-state index is 12.9. The maximum Gasteiger partial charge on any atom is 0.175 e. The number of rotatable bonds is 4. The molecular formula is C10H14FNO2S. The van der Waals surface area contributed by atoms with Gasteiger partial charge in [0, 0.05) is 6.26 Å². The van der Waals surface area contributed by atoms with Crippen molar-refractivity contribution in [3.63, 3.8) is 0 Å². The smallest absolute Gasteiger partial charge is 0.175 e. The molecule has 0 radical (unpaired) electrons. The Morgan fingerprint density at radius 2 is 2.07 bits per heavy atom. The molecule has 0 unspecified atom stereocenters. The molecule has 1 rings (SSSR count). The summed E-state index contributed by atoms with van der Waals surface area (Å²) in [6.07, 6.45) is 2.24. The zero-order valence-corrected chi connectivity index (χ0v) is 9.35. The number of benzene rings is 1. The van der Waals surface area contributed by atoms with Crippen molar-refractivity contribution in [3.05, 3.63) is 29.6 Å². The normalized spacial score (nSPS) is 11.7. The van der Waals surface area contributed by atoms with E-state index in [0.29, 0.717) is 24.9 Å². The van der Waals surface area contributed by atoms with Gasteiger partial charge in [0.2, 0.25) is 0 Å². The lowest BCUT2D eigenvalue weighted by atomic mass is 10.1. The molecule has 15 heavy (non-hydrogen) atoms. The monoisotopic (exact) mass is 231 g/mol. The van der Waals surface area contributed by atoms with Gasteiger partial charge in [-0.25, -0.2) is 12.8 Å². The quantitative estimate of drug-likeness (QED) is 0.790. The van der Waals surface area contributed by atoms with Crippen LogP contribution in [0, 0.1) is 5.82 Å². The van der Waals surface area contributed by atoms with Crippen molar-refractivity contribution in [3.8, 4) is 0 Å². The van der Waals surface area contributed by atoms with Crippen LogP contribution < -0.4 is 5.73 Å². The topological polar surface area (TPSA) is 60.2 Å². The average molecular weight is 231 g/mol. The highest BCUT2D eigenvalue weighted by molar-refractivity contribution is 7.90. The van der Waals surface area contributed by atoms with Crippen LogP contribution in [0.3, 0.4) is 0 Å². The van der Waals surface area contributed by atoms with E-state index in [9.17, 15) is 12.8 Å². The molecule has 1 aromatic rings. The summed E-state index contributed by atoms with van der Waals surface area (Å²) in [6.45, 7) is 0.458. The van der Waals surface area contributed by atoms with Gasteiger partial charge in [-0.1, -0.05) is 0 Å². The minimum atomic E-state index is -3.29. The first-order valence-electron chi connectivity index (χ1n) is 4.63. The van der Waals surface area contributed by atoms with Gasteiger partial charge in [-0.05, 0) is 43.1 Å². The van der Waals surface area contributed by atoms with E-state index in [0.717, 1.165) is 12.3 Å². The fourth-order valence-corrected chi connectivity index (χ4v) is 2.35. The SMILES string of the molecule is CS(=O)(=O)c1ccc(F)cc1CCCN. The number of sulfone groups is 1. The lowest BCUT2D eigenvalue weighted by molar-refractivity contribution is 0.597. The van der Waals surface area contributed by atoms with Crippen molar-refractivity contribution >= 4 is 9.84 Å². The van der Waals surface area contributed by atoms with Crippen LogP contribution in [0.1, 0.15) is 12.0 Å². The van der Waals surface area contributed by atoms with Gasteiger partial charge in [0.15, 0.2) is 9.84 Å². The van der Waals surface area contributed by atoms with Gasteiger partial charge in [0.05, 0.1) is 4.90 Å². The van der Waals surface area contributed by atoms with Gasteiger partial charge >= 0.3 is 0 Å². The summed E-state index contributed by atoms with van der Waals surface area (Å²) < 4.78 is 35.7. The predicted molar refractivity (Wildman–Crippen MR) is 56.9 cm³/mol. The van der Waals surface area contributed by atoms with E-state index in [1.54, 1.807) is 0 Å². The Hall–Kier alpha value is -0.940. The summed E-state index contributed by atoms with van der Waals surface area (Å²) in [7, 11) is -3.29. The van der Waals surface area contributed by atoms with Crippen molar-refractivity contribution in [2.75, 3.05) is 12.8 Å². The molecule has 0 aliphatic rings. The molecule has 0 spiro atoms. The minimum absolute atomic E-state index is 0.192. The lowest BCUT2D eigenvalue weighted by Crippen LogP contribution is -2.06. The Morgan fingerprint density at radius 1 is 1.40 bits per heavy atom. The van der Waals surface area contributed by atoms with Gasteiger partial charge in [-0.15, -0.1) is 0 Å². The Balaban J connectivity index is 3.15. The Labute approximate surface area is 89.0 Å². The Morgan fingerprint density at radius 3 is 2.60 bits per heavy atom. The molecular weight excluding hydrogens is 217 g/mol. The molecule has 5 heteroatoms. The summed E-state index contributed by atoms with van der Waals surface area (Å²) in [4.78, 5) is 0.192. The van der Waals surface area contributed by atoms with Crippen LogP contribution in [-0.2, 0) is 16.3 Å². The van der Waals surface area contributed by atoms with Crippen molar-refractivity contribution in [2.24, 2.45) is 5.73 Å². The molecule has 0 fully saturated rings. The van der Waals surface area contributed by atoms with E-state index < -0.39 is 15.7 Å². The van der Waals surface area contributed by atoms with E-state index in [1.165, 1.54) is 12.1 Å². The fraction of sp³-hybridized carbons (Fsp3) is 0.400. The second-order valence-corrected chi connectivity index (χ2v) is 5.40. The largest absolute Gasteiger partial charge is 0.330 e. The first-order chi connectivity index (χ1) is 6.95. The number of hydrogen-bond donors (Lipinski definition) is 1. The van der Waals surface area contributed by atoms with E-state index in [4.69, 9.17) is 5.73 Å². The molecule has 0 saturated carbocycles. The maximum atomic E-state index is 12.9. The standard InChI is InChI=1S/C10H14FNO2S/c1-15(13,14)10-5-4-9(11)7-8(10)3-2-6-12/h4-5,7H,2-3,6,12H2,1H3. The van der Waals surface area contributed by atoms with E-state index in [1.807, 2.05) is 0 Å². The lowest BCUT2D eigenvalue weighted by Gasteiger charge is -2.07. The van der Waals surface area contributed by atoms with Crippen molar-refractivity contribution in [1.29, 1.82) is 0 Å². The third-order valence-electron chi connectivity index (χ3n) is 2.07. The van der Waals surface area contributed by atoms with Crippen LogP contribution in [0.2, 0.25) is 0 Å². The molecule has 0 aromatic heterocycles.